The van der Waals surface area contributed by atoms with Crippen molar-refractivity contribution in [3.8, 4) is 0 Å². The van der Waals surface area contributed by atoms with Crippen LogP contribution < -0.4 is 10.6 Å². The smallest absolute Gasteiger partial charge is 0.435 e. The van der Waals surface area contributed by atoms with Crippen LogP contribution in [0.1, 0.15) is 59.0 Å². The molecular formula is C25H25F3IN3O5. The first kappa shape index (κ1) is 28.4. The number of benzene rings is 2. The van der Waals surface area contributed by atoms with E-state index in [1.807, 2.05) is 22.6 Å². The quantitative estimate of drug-likeness (QED) is 0.328. The first-order chi connectivity index (χ1) is 17.3. The summed E-state index contributed by atoms with van der Waals surface area (Å²) >= 11 is 1.94. The number of amides is 2. The van der Waals surface area contributed by atoms with E-state index < -0.39 is 41.7 Å². The number of esters is 1. The van der Waals surface area contributed by atoms with Crippen molar-refractivity contribution in [3.63, 3.8) is 0 Å². The van der Waals surface area contributed by atoms with Gasteiger partial charge in [0.25, 0.3) is 17.4 Å². The Balaban J connectivity index is 1.91. The molecule has 1 unspecified atom stereocenters. The van der Waals surface area contributed by atoms with Crippen LogP contribution in [0.4, 0.5) is 18.9 Å². The molecule has 1 aliphatic heterocycles. The number of oxime groups is 1. The number of hydrogen-bond acceptors (Lipinski definition) is 6. The lowest BCUT2D eigenvalue weighted by atomic mass is 9.87. The first-order valence-electron chi connectivity index (χ1n) is 11.3. The van der Waals surface area contributed by atoms with Crippen LogP contribution in [0, 0.1) is 10.5 Å². The average molecular weight is 631 g/mol. The van der Waals surface area contributed by atoms with Gasteiger partial charge in [0.05, 0.1) is 24.2 Å². The third-order valence-electron chi connectivity index (χ3n) is 5.54. The highest BCUT2D eigenvalue weighted by Gasteiger charge is 2.63. The van der Waals surface area contributed by atoms with Crippen molar-refractivity contribution in [2.75, 3.05) is 11.9 Å². The number of aryl methyl sites for hydroxylation is 1. The van der Waals surface area contributed by atoms with E-state index in [1.165, 1.54) is 32.0 Å². The summed E-state index contributed by atoms with van der Waals surface area (Å²) in [7, 11) is 0. The van der Waals surface area contributed by atoms with Crippen LogP contribution in [0.3, 0.4) is 0 Å². The molecule has 37 heavy (non-hydrogen) atoms. The molecule has 2 aromatic carbocycles. The van der Waals surface area contributed by atoms with Gasteiger partial charge in [-0.2, -0.15) is 13.2 Å². The second-order valence-electron chi connectivity index (χ2n) is 8.63. The van der Waals surface area contributed by atoms with Crippen LogP contribution in [0.5, 0.6) is 0 Å². The molecule has 198 valence electrons. The lowest BCUT2D eigenvalue weighted by Crippen LogP contribution is -2.43. The van der Waals surface area contributed by atoms with Gasteiger partial charge in [0.15, 0.2) is 5.71 Å². The van der Waals surface area contributed by atoms with E-state index in [9.17, 15) is 27.6 Å². The Labute approximate surface area is 225 Å². The van der Waals surface area contributed by atoms with Crippen molar-refractivity contribution in [2.45, 2.75) is 51.9 Å². The Hall–Kier alpha value is -3.16. The van der Waals surface area contributed by atoms with Gasteiger partial charge in [-0.05, 0) is 80.1 Å². The van der Waals surface area contributed by atoms with E-state index in [4.69, 9.17) is 9.57 Å². The van der Waals surface area contributed by atoms with Crippen molar-refractivity contribution in [3.05, 3.63) is 62.2 Å². The van der Waals surface area contributed by atoms with Gasteiger partial charge in [0, 0.05) is 20.9 Å². The summed E-state index contributed by atoms with van der Waals surface area (Å²) in [4.78, 5) is 42.6. The Morgan fingerprint density at radius 3 is 2.49 bits per heavy atom. The van der Waals surface area contributed by atoms with Gasteiger partial charge < -0.3 is 20.2 Å². The van der Waals surface area contributed by atoms with Crippen molar-refractivity contribution < 1.29 is 37.1 Å². The number of nitrogens with zero attached hydrogens (tertiary/aromatic N) is 1. The molecule has 2 amide bonds. The van der Waals surface area contributed by atoms with Crippen molar-refractivity contribution >= 4 is 51.8 Å². The molecule has 2 aromatic rings. The number of anilines is 1. The predicted molar refractivity (Wildman–Crippen MR) is 138 cm³/mol. The van der Waals surface area contributed by atoms with Gasteiger partial charge in [-0.25, -0.2) is 4.79 Å². The summed E-state index contributed by atoms with van der Waals surface area (Å²) < 4.78 is 47.8. The van der Waals surface area contributed by atoms with Gasteiger partial charge in [0.2, 0.25) is 0 Å². The SMILES string of the molecule is CCOC(=O)C1=NOC(c2ccc(NC(=O)c3c(I)cccc3C(=O)NC(C)C)c(C)c2)(C(F)(F)F)C1. The van der Waals surface area contributed by atoms with Crippen LogP contribution in [0.2, 0.25) is 0 Å². The molecule has 0 bridgehead atoms. The summed E-state index contributed by atoms with van der Waals surface area (Å²) in [5.74, 6) is -2.00. The highest BCUT2D eigenvalue weighted by molar-refractivity contribution is 14.1. The number of halogens is 4. The fourth-order valence-electron chi connectivity index (χ4n) is 3.75. The Morgan fingerprint density at radius 2 is 1.89 bits per heavy atom. The molecule has 0 saturated heterocycles. The second kappa shape index (κ2) is 11.1. The number of hydrogen-bond donors (Lipinski definition) is 2. The summed E-state index contributed by atoms with van der Waals surface area (Å²) in [6.07, 6.45) is -5.75. The Kier molecular flexibility index (Phi) is 8.50. The van der Waals surface area contributed by atoms with Crippen molar-refractivity contribution in [1.82, 2.24) is 5.32 Å². The molecule has 0 radical (unpaired) electrons. The highest BCUT2D eigenvalue weighted by atomic mass is 127. The number of ether oxygens (including phenoxy) is 1. The van der Waals surface area contributed by atoms with E-state index in [0.717, 1.165) is 6.07 Å². The zero-order valence-corrected chi connectivity index (χ0v) is 22.6. The van der Waals surface area contributed by atoms with Gasteiger partial charge in [-0.15, -0.1) is 0 Å². The molecule has 8 nitrogen and oxygen atoms in total. The zero-order valence-electron chi connectivity index (χ0n) is 20.5. The maximum atomic E-state index is 14.2. The normalized spacial score (nSPS) is 17.2. The van der Waals surface area contributed by atoms with Gasteiger partial charge in [-0.3, -0.25) is 9.59 Å². The van der Waals surface area contributed by atoms with Crippen molar-refractivity contribution in [2.24, 2.45) is 5.16 Å². The van der Waals surface area contributed by atoms with Gasteiger partial charge >= 0.3 is 12.1 Å². The van der Waals surface area contributed by atoms with Crippen LogP contribution in [0.25, 0.3) is 0 Å². The molecule has 1 aliphatic rings. The molecule has 0 saturated carbocycles. The molecule has 2 N–H and O–H groups in total. The third kappa shape index (κ3) is 5.89. The van der Waals surface area contributed by atoms with Crippen LogP contribution >= 0.6 is 22.6 Å². The molecule has 12 heteroatoms. The summed E-state index contributed by atoms with van der Waals surface area (Å²) in [6.45, 7) is 6.61. The first-order valence-corrected chi connectivity index (χ1v) is 12.4. The molecule has 0 aromatic heterocycles. The Morgan fingerprint density at radius 1 is 1.19 bits per heavy atom. The summed E-state index contributed by atoms with van der Waals surface area (Å²) in [6, 6.07) is 8.38. The number of rotatable bonds is 7. The molecule has 3 rings (SSSR count). The van der Waals surface area contributed by atoms with E-state index in [0.29, 0.717) is 9.13 Å². The summed E-state index contributed by atoms with van der Waals surface area (Å²) in [5.41, 5.74) is -2.77. The largest absolute Gasteiger partial charge is 0.461 e. The second-order valence-corrected chi connectivity index (χ2v) is 9.79. The summed E-state index contributed by atoms with van der Waals surface area (Å²) in [5, 5.41) is 8.79. The third-order valence-corrected chi connectivity index (χ3v) is 6.44. The fourth-order valence-corrected chi connectivity index (χ4v) is 4.49. The molecule has 0 fully saturated rings. The average Bonchev–Trinajstić information content (AvgIpc) is 3.27. The zero-order chi connectivity index (χ0) is 27.5. The van der Waals surface area contributed by atoms with Gasteiger partial charge in [-0.1, -0.05) is 17.3 Å². The highest BCUT2D eigenvalue weighted by Crippen LogP contribution is 2.48. The minimum Gasteiger partial charge on any atom is -0.461 e. The lowest BCUT2D eigenvalue weighted by Gasteiger charge is -2.30. The fraction of sp³-hybridized carbons (Fsp3) is 0.360. The van der Waals surface area contributed by atoms with E-state index in [2.05, 4.69) is 15.8 Å². The molecule has 0 aliphatic carbocycles. The van der Waals surface area contributed by atoms with E-state index in [-0.39, 0.29) is 35.0 Å². The van der Waals surface area contributed by atoms with Crippen LogP contribution in [-0.2, 0) is 20.0 Å². The van der Waals surface area contributed by atoms with E-state index >= 15 is 0 Å². The lowest BCUT2D eigenvalue weighted by molar-refractivity contribution is -0.275. The topological polar surface area (TPSA) is 106 Å². The molecular weight excluding hydrogens is 606 g/mol. The Bertz CT molecular complexity index is 1260. The van der Waals surface area contributed by atoms with E-state index in [1.54, 1.807) is 26.0 Å². The standard InChI is InChI=1S/C25H25F3IN3O5/c1-5-36-23(35)19-12-24(37-32-19,25(26,27)28)15-9-10-18(14(4)11-15)31-22(34)20-16(7-6-8-17(20)29)21(33)30-13(2)3/h6-11,13H,5,12H2,1-4H3,(H,30,33)(H,31,34). The number of alkyl halides is 3. The van der Waals surface area contributed by atoms with Crippen LogP contribution in [-0.4, -0.2) is 42.3 Å². The van der Waals surface area contributed by atoms with Crippen molar-refractivity contribution in [1.29, 1.82) is 0 Å². The predicted octanol–water partition coefficient (Wildman–Crippen LogP) is 5.09. The van der Waals surface area contributed by atoms with Crippen LogP contribution in [0.15, 0.2) is 41.6 Å². The maximum Gasteiger partial charge on any atom is 0.435 e. The minimum absolute atomic E-state index is 0.0223. The monoisotopic (exact) mass is 631 g/mol. The molecule has 1 atom stereocenters. The van der Waals surface area contributed by atoms with Gasteiger partial charge in [0.1, 0.15) is 0 Å². The number of carbonyl (C=O) groups excluding carboxylic acids is 3. The minimum atomic E-state index is -4.90. The number of carbonyl (C=O) groups is 3. The maximum absolute atomic E-state index is 14.2. The number of nitrogens with one attached hydrogen (secondary N) is 2. The molecule has 1 heterocycles. The molecule has 0 spiro atoms.